The zero-order valence-electron chi connectivity index (χ0n) is 14.6. The molecule has 0 radical (unpaired) electrons. The van der Waals surface area contributed by atoms with E-state index in [9.17, 15) is 9.59 Å². The molecule has 0 bridgehead atoms. The van der Waals surface area contributed by atoms with Gasteiger partial charge in [0, 0.05) is 12.0 Å². The number of carbonyl (C=O) groups is 1. The summed E-state index contributed by atoms with van der Waals surface area (Å²) in [7, 11) is 1.60. The second-order valence-electron chi connectivity index (χ2n) is 6.26. The fourth-order valence-electron chi connectivity index (χ4n) is 3.09. The highest BCUT2D eigenvalue weighted by Gasteiger charge is 2.32. The molecule has 0 aliphatic heterocycles. The van der Waals surface area contributed by atoms with Crippen LogP contribution in [-0.4, -0.2) is 34.5 Å². The number of nitrogens with one attached hydrogen (secondary N) is 1. The van der Waals surface area contributed by atoms with Crippen LogP contribution in [0.4, 0.5) is 0 Å². The highest BCUT2D eigenvalue weighted by molar-refractivity contribution is 6.04. The lowest BCUT2D eigenvalue weighted by molar-refractivity contribution is 0.0528. The maximum absolute atomic E-state index is 12.4. The summed E-state index contributed by atoms with van der Waals surface area (Å²) in [5, 5.41) is 5.39. The minimum atomic E-state index is -0.500. The molecule has 7 nitrogen and oxygen atoms in total. The number of aromatic amines is 1. The van der Waals surface area contributed by atoms with Gasteiger partial charge in [0.1, 0.15) is 11.4 Å². The average molecular weight is 353 g/mol. The number of H-pyrrole nitrogens is 1. The number of rotatable bonds is 5. The van der Waals surface area contributed by atoms with Crippen molar-refractivity contribution < 1.29 is 14.3 Å². The summed E-state index contributed by atoms with van der Waals surface area (Å²) in [6.45, 7) is 1.99. The molecule has 1 fully saturated rings. The molecule has 0 amide bonds. The van der Waals surface area contributed by atoms with Crippen molar-refractivity contribution in [3.8, 4) is 11.4 Å². The van der Waals surface area contributed by atoms with Gasteiger partial charge in [0.05, 0.1) is 36.0 Å². The maximum atomic E-state index is 12.4. The molecule has 0 spiro atoms. The third kappa shape index (κ3) is 2.75. The number of aromatic nitrogens is 3. The van der Waals surface area contributed by atoms with Crippen molar-refractivity contribution in [3.05, 3.63) is 51.9 Å². The van der Waals surface area contributed by atoms with Gasteiger partial charge in [-0.05, 0) is 44.0 Å². The molecular weight excluding hydrogens is 334 g/mol. The van der Waals surface area contributed by atoms with Crippen LogP contribution in [0.1, 0.15) is 41.7 Å². The van der Waals surface area contributed by atoms with Crippen LogP contribution in [0.15, 0.2) is 35.1 Å². The number of pyridine rings is 1. The lowest BCUT2D eigenvalue weighted by atomic mass is 10.1. The van der Waals surface area contributed by atoms with Gasteiger partial charge in [0.2, 0.25) is 5.56 Å². The Morgan fingerprint density at radius 1 is 1.31 bits per heavy atom. The molecule has 1 aliphatic rings. The van der Waals surface area contributed by atoms with E-state index in [1.807, 2.05) is 24.3 Å². The van der Waals surface area contributed by atoms with Gasteiger partial charge in [0.15, 0.2) is 0 Å². The largest absolute Gasteiger partial charge is 0.497 e. The number of ether oxygens (including phenoxy) is 2. The van der Waals surface area contributed by atoms with Crippen LogP contribution >= 0.6 is 0 Å². The molecule has 0 saturated heterocycles. The Balaban J connectivity index is 1.97. The van der Waals surface area contributed by atoms with E-state index in [0.29, 0.717) is 17.0 Å². The molecule has 7 heteroatoms. The maximum Gasteiger partial charge on any atom is 0.339 e. The lowest BCUT2D eigenvalue weighted by Gasteiger charge is -2.06. The van der Waals surface area contributed by atoms with Crippen molar-refractivity contribution in [3.63, 3.8) is 0 Å². The van der Waals surface area contributed by atoms with Gasteiger partial charge in [0.25, 0.3) is 0 Å². The summed E-state index contributed by atoms with van der Waals surface area (Å²) < 4.78 is 12.0. The van der Waals surface area contributed by atoms with Gasteiger partial charge < -0.3 is 14.5 Å². The van der Waals surface area contributed by atoms with Crippen molar-refractivity contribution in [1.82, 2.24) is 14.8 Å². The number of hydrogen-bond donors (Lipinski definition) is 1. The molecule has 26 heavy (non-hydrogen) atoms. The first-order chi connectivity index (χ1) is 12.6. The topological polar surface area (TPSA) is 86.2 Å². The van der Waals surface area contributed by atoms with Crippen LogP contribution in [0, 0.1) is 0 Å². The summed E-state index contributed by atoms with van der Waals surface area (Å²) >= 11 is 0. The summed E-state index contributed by atoms with van der Waals surface area (Å²) in [4.78, 5) is 27.4. The van der Waals surface area contributed by atoms with Crippen molar-refractivity contribution in [2.75, 3.05) is 13.7 Å². The number of methoxy groups -OCH3 is 1. The number of fused-ring (bicyclic) bond motifs is 1. The minimum absolute atomic E-state index is 0.249. The van der Waals surface area contributed by atoms with Crippen molar-refractivity contribution in [1.29, 1.82) is 0 Å². The van der Waals surface area contributed by atoms with Crippen LogP contribution < -0.4 is 10.3 Å². The molecule has 134 valence electrons. The van der Waals surface area contributed by atoms with Crippen molar-refractivity contribution in [2.45, 2.75) is 25.7 Å². The van der Waals surface area contributed by atoms with Gasteiger partial charge in [-0.25, -0.2) is 9.48 Å². The lowest BCUT2D eigenvalue weighted by Crippen LogP contribution is -2.14. The van der Waals surface area contributed by atoms with Crippen LogP contribution in [-0.2, 0) is 4.74 Å². The van der Waals surface area contributed by atoms with E-state index in [1.165, 1.54) is 6.07 Å². The zero-order valence-corrected chi connectivity index (χ0v) is 14.6. The Bertz CT molecular complexity index is 1030. The van der Waals surface area contributed by atoms with Gasteiger partial charge in [-0.15, -0.1) is 0 Å². The van der Waals surface area contributed by atoms with Crippen LogP contribution in [0.25, 0.3) is 16.7 Å². The third-order valence-corrected chi connectivity index (χ3v) is 4.48. The summed E-state index contributed by atoms with van der Waals surface area (Å²) in [5.74, 6) is 0.532. The summed E-state index contributed by atoms with van der Waals surface area (Å²) in [6, 6.07) is 8.67. The van der Waals surface area contributed by atoms with E-state index in [1.54, 1.807) is 18.7 Å². The number of benzene rings is 1. The molecule has 1 saturated carbocycles. The summed E-state index contributed by atoms with van der Waals surface area (Å²) in [5.41, 5.74) is 2.02. The molecule has 2 aromatic heterocycles. The number of esters is 1. The normalized spacial score (nSPS) is 13.8. The standard InChI is InChI=1S/C19H19N3O4/c1-3-26-19(24)14-10-15(23)20-18-16(14)17(11-4-5-11)21-22(18)12-6-8-13(25-2)9-7-12/h6-11H,3-5H2,1-2H3,(H,20,23). The molecule has 1 aliphatic carbocycles. The first kappa shape index (κ1) is 16.4. The Morgan fingerprint density at radius 3 is 2.65 bits per heavy atom. The second-order valence-corrected chi connectivity index (χ2v) is 6.26. The van der Waals surface area contributed by atoms with Crippen LogP contribution in [0.3, 0.4) is 0 Å². The zero-order chi connectivity index (χ0) is 18.3. The molecule has 0 atom stereocenters. The van der Waals surface area contributed by atoms with Crippen LogP contribution in [0.2, 0.25) is 0 Å². The van der Waals surface area contributed by atoms with E-state index in [-0.39, 0.29) is 17.7 Å². The number of hydrogen-bond acceptors (Lipinski definition) is 5. The predicted octanol–water partition coefficient (Wildman–Crippen LogP) is 2.78. The first-order valence-corrected chi connectivity index (χ1v) is 8.60. The fraction of sp³-hybridized carbons (Fsp3) is 0.316. The van der Waals surface area contributed by atoms with E-state index < -0.39 is 5.97 Å². The van der Waals surface area contributed by atoms with Crippen LogP contribution in [0.5, 0.6) is 5.75 Å². The summed E-state index contributed by atoms with van der Waals surface area (Å²) in [6.07, 6.45) is 2.05. The van der Waals surface area contributed by atoms with Crippen molar-refractivity contribution >= 4 is 17.0 Å². The van der Waals surface area contributed by atoms with E-state index in [0.717, 1.165) is 30.0 Å². The highest BCUT2D eigenvalue weighted by atomic mass is 16.5. The number of carbonyl (C=O) groups excluding carboxylic acids is 1. The van der Waals surface area contributed by atoms with Gasteiger partial charge in [-0.1, -0.05) is 0 Å². The molecular formula is C19H19N3O4. The minimum Gasteiger partial charge on any atom is -0.497 e. The molecule has 0 unspecified atom stereocenters. The predicted molar refractivity (Wildman–Crippen MR) is 96.2 cm³/mol. The average Bonchev–Trinajstić information content (AvgIpc) is 3.42. The smallest absolute Gasteiger partial charge is 0.339 e. The van der Waals surface area contributed by atoms with Gasteiger partial charge in [-0.2, -0.15) is 5.10 Å². The second kappa shape index (κ2) is 6.33. The SMILES string of the molecule is CCOC(=O)c1cc(=O)[nH]c2c1c(C1CC1)nn2-c1ccc(OC)cc1. The van der Waals surface area contributed by atoms with E-state index in [2.05, 4.69) is 4.98 Å². The Hall–Kier alpha value is -3.09. The monoisotopic (exact) mass is 353 g/mol. The quantitative estimate of drug-likeness (QED) is 0.713. The molecule has 1 aromatic carbocycles. The number of nitrogens with zero attached hydrogens (tertiary/aromatic N) is 2. The van der Waals surface area contributed by atoms with E-state index >= 15 is 0 Å². The Morgan fingerprint density at radius 2 is 2.04 bits per heavy atom. The fourth-order valence-corrected chi connectivity index (χ4v) is 3.09. The van der Waals surface area contributed by atoms with Crippen molar-refractivity contribution in [2.24, 2.45) is 0 Å². The molecule has 4 rings (SSSR count). The van der Waals surface area contributed by atoms with Gasteiger partial charge in [-0.3, -0.25) is 4.79 Å². The highest BCUT2D eigenvalue weighted by Crippen LogP contribution is 2.43. The third-order valence-electron chi connectivity index (χ3n) is 4.48. The molecule has 2 heterocycles. The first-order valence-electron chi connectivity index (χ1n) is 8.60. The Labute approximate surface area is 149 Å². The van der Waals surface area contributed by atoms with Gasteiger partial charge >= 0.3 is 5.97 Å². The molecule has 1 N–H and O–H groups in total. The van der Waals surface area contributed by atoms with E-state index in [4.69, 9.17) is 14.6 Å². The molecule has 3 aromatic rings. The Kier molecular flexibility index (Phi) is 3.99.